The lowest BCUT2D eigenvalue weighted by atomic mass is 9.87. The minimum absolute atomic E-state index is 0. The summed E-state index contributed by atoms with van der Waals surface area (Å²) < 4.78 is 5.27. The largest absolute Gasteiger partial charge is 0.444 e. The first kappa shape index (κ1) is 29.7. The minimum atomic E-state index is -0.932. The molecule has 34 heavy (non-hydrogen) atoms. The SMILES string of the molecule is C#CC[C@H](NC(=O)OC(C)(C)C)C(=O)N1CCC[C@H]1C(=O)N[C@@H]1CCCc2ccccc21.S.S. The molecule has 1 aliphatic carbocycles. The molecule has 1 aliphatic heterocycles. The van der Waals surface area contributed by atoms with Crippen molar-refractivity contribution >= 4 is 44.9 Å². The van der Waals surface area contributed by atoms with Crippen molar-refractivity contribution in [1.82, 2.24) is 15.5 Å². The molecule has 9 heteroatoms. The fourth-order valence-electron chi connectivity index (χ4n) is 4.44. The van der Waals surface area contributed by atoms with Gasteiger partial charge in [0, 0.05) is 13.0 Å². The second-order valence-corrected chi connectivity index (χ2v) is 9.45. The third kappa shape index (κ3) is 7.60. The number of benzene rings is 1. The van der Waals surface area contributed by atoms with E-state index in [1.54, 1.807) is 25.7 Å². The zero-order valence-corrected chi connectivity index (χ0v) is 22.1. The van der Waals surface area contributed by atoms with E-state index in [4.69, 9.17) is 11.2 Å². The summed E-state index contributed by atoms with van der Waals surface area (Å²) in [7, 11) is 0. The summed E-state index contributed by atoms with van der Waals surface area (Å²) in [5.41, 5.74) is 1.72. The summed E-state index contributed by atoms with van der Waals surface area (Å²) in [6, 6.07) is 6.61. The molecule has 0 spiro atoms. The molecule has 7 nitrogen and oxygen atoms in total. The molecule has 3 amide bonds. The van der Waals surface area contributed by atoms with Gasteiger partial charge in [0.05, 0.1) is 6.04 Å². The van der Waals surface area contributed by atoms with Gasteiger partial charge in [-0.1, -0.05) is 24.3 Å². The van der Waals surface area contributed by atoms with Crippen LogP contribution in [0.3, 0.4) is 0 Å². The lowest BCUT2D eigenvalue weighted by Crippen LogP contribution is -2.54. The third-order valence-electron chi connectivity index (χ3n) is 5.84. The summed E-state index contributed by atoms with van der Waals surface area (Å²) >= 11 is 0. The van der Waals surface area contributed by atoms with E-state index >= 15 is 0 Å². The second-order valence-electron chi connectivity index (χ2n) is 9.45. The predicted molar refractivity (Wildman–Crippen MR) is 142 cm³/mol. The number of alkyl carbamates (subject to hydrolysis) is 1. The topological polar surface area (TPSA) is 87.7 Å². The Morgan fingerprint density at radius 2 is 1.88 bits per heavy atom. The van der Waals surface area contributed by atoms with Crippen molar-refractivity contribution in [3.8, 4) is 12.3 Å². The standard InChI is InChI=1S/C25H33N3O4.2H2S/c1-5-10-20(27-24(31)32-25(2,3)4)23(30)28-16-9-15-21(28)22(29)26-19-14-8-12-17-11-6-7-13-18(17)19;;/h1,6-7,11,13,19-21H,8-10,12,14-16H2,2-4H3,(H,26,29)(H,27,31);2*1H2/t19-,20+,21+;;/m1../s1. The molecule has 0 unspecified atom stereocenters. The molecule has 3 atom stereocenters. The molecule has 188 valence electrons. The highest BCUT2D eigenvalue weighted by Crippen LogP contribution is 2.30. The number of ether oxygens (including phenoxy) is 1. The molecular weight excluding hydrogens is 470 g/mol. The van der Waals surface area contributed by atoms with Crippen LogP contribution < -0.4 is 10.6 Å². The van der Waals surface area contributed by atoms with Crippen molar-refractivity contribution in [2.45, 2.75) is 83.0 Å². The zero-order chi connectivity index (χ0) is 23.3. The Bertz CT molecular complexity index is 910. The van der Waals surface area contributed by atoms with Crippen LogP contribution in [0, 0.1) is 12.3 Å². The molecule has 0 saturated carbocycles. The van der Waals surface area contributed by atoms with Gasteiger partial charge in [-0.3, -0.25) is 9.59 Å². The van der Waals surface area contributed by atoms with E-state index in [1.807, 2.05) is 12.1 Å². The third-order valence-corrected chi connectivity index (χ3v) is 5.84. The van der Waals surface area contributed by atoms with Crippen LogP contribution in [0.4, 0.5) is 4.79 Å². The number of nitrogens with zero attached hydrogens (tertiary/aromatic N) is 1. The Balaban J connectivity index is 0.00000289. The molecule has 1 fully saturated rings. The van der Waals surface area contributed by atoms with E-state index in [-0.39, 0.29) is 51.3 Å². The number of hydrogen-bond donors (Lipinski definition) is 2. The molecule has 0 aromatic heterocycles. The van der Waals surface area contributed by atoms with Crippen LogP contribution in [-0.2, 0) is 20.7 Å². The molecule has 2 N–H and O–H groups in total. The van der Waals surface area contributed by atoms with Crippen LogP contribution >= 0.6 is 27.0 Å². The molecule has 1 heterocycles. The highest BCUT2D eigenvalue weighted by molar-refractivity contribution is 7.59. The summed E-state index contributed by atoms with van der Waals surface area (Å²) in [4.78, 5) is 40.1. The summed E-state index contributed by atoms with van der Waals surface area (Å²) in [6.45, 7) is 5.69. The van der Waals surface area contributed by atoms with Gasteiger partial charge in [-0.15, -0.1) is 12.3 Å². The van der Waals surface area contributed by atoms with Gasteiger partial charge < -0.3 is 20.3 Å². The predicted octanol–water partition coefficient (Wildman–Crippen LogP) is 3.31. The average Bonchev–Trinajstić information content (AvgIpc) is 3.22. The Labute approximate surface area is 216 Å². The van der Waals surface area contributed by atoms with Crippen molar-refractivity contribution < 1.29 is 19.1 Å². The summed E-state index contributed by atoms with van der Waals surface area (Å²) in [5.74, 6) is 1.93. The first-order valence-electron chi connectivity index (χ1n) is 11.3. The molecule has 2 aliphatic rings. The number of terminal acetylenes is 1. The van der Waals surface area contributed by atoms with E-state index in [1.165, 1.54) is 5.56 Å². The molecule has 1 aromatic rings. The van der Waals surface area contributed by atoms with Crippen molar-refractivity contribution in [3.05, 3.63) is 35.4 Å². The van der Waals surface area contributed by atoms with E-state index in [2.05, 4.69) is 28.7 Å². The van der Waals surface area contributed by atoms with Gasteiger partial charge in [-0.05, 0) is 64.0 Å². The highest BCUT2D eigenvalue weighted by atomic mass is 32.1. The quantitative estimate of drug-likeness (QED) is 0.599. The van der Waals surface area contributed by atoms with Crippen LogP contribution in [0.25, 0.3) is 0 Å². The van der Waals surface area contributed by atoms with E-state index in [0.717, 1.165) is 31.2 Å². The molecule has 0 radical (unpaired) electrons. The Morgan fingerprint density at radius 1 is 1.18 bits per heavy atom. The van der Waals surface area contributed by atoms with Crippen LogP contribution in [0.1, 0.15) is 70.0 Å². The van der Waals surface area contributed by atoms with Crippen LogP contribution in [0.2, 0.25) is 0 Å². The van der Waals surface area contributed by atoms with Gasteiger partial charge in [0.15, 0.2) is 0 Å². The maximum absolute atomic E-state index is 13.2. The number of carbonyl (C=O) groups is 3. The number of aryl methyl sites for hydroxylation is 1. The maximum atomic E-state index is 13.2. The first-order valence-corrected chi connectivity index (χ1v) is 11.3. The van der Waals surface area contributed by atoms with Gasteiger partial charge in [0.1, 0.15) is 17.7 Å². The fraction of sp³-hybridized carbons (Fsp3) is 0.560. The maximum Gasteiger partial charge on any atom is 0.408 e. The van der Waals surface area contributed by atoms with Crippen LogP contribution in [0.15, 0.2) is 24.3 Å². The van der Waals surface area contributed by atoms with Crippen molar-refractivity contribution in [2.75, 3.05) is 6.54 Å². The normalized spacial score (nSPS) is 19.9. The van der Waals surface area contributed by atoms with Crippen LogP contribution in [0.5, 0.6) is 0 Å². The lowest BCUT2D eigenvalue weighted by Gasteiger charge is -2.31. The van der Waals surface area contributed by atoms with Gasteiger partial charge in [-0.2, -0.15) is 27.0 Å². The smallest absolute Gasteiger partial charge is 0.408 e. The van der Waals surface area contributed by atoms with Gasteiger partial charge >= 0.3 is 6.09 Å². The summed E-state index contributed by atoms with van der Waals surface area (Å²) in [6.07, 6.45) is 8.98. The first-order chi connectivity index (χ1) is 15.2. The number of hydrogen-bond acceptors (Lipinski definition) is 4. The van der Waals surface area contributed by atoms with Gasteiger partial charge in [-0.25, -0.2) is 4.79 Å². The number of rotatable bonds is 5. The lowest BCUT2D eigenvalue weighted by molar-refractivity contribution is -0.140. The van der Waals surface area contributed by atoms with Gasteiger partial charge in [0.25, 0.3) is 0 Å². The van der Waals surface area contributed by atoms with Crippen molar-refractivity contribution in [1.29, 1.82) is 0 Å². The van der Waals surface area contributed by atoms with E-state index in [9.17, 15) is 14.4 Å². The number of amides is 3. The van der Waals surface area contributed by atoms with E-state index in [0.29, 0.717) is 13.0 Å². The minimum Gasteiger partial charge on any atom is -0.444 e. The van der Waals surface area contributed by atoms with Crippen molar-refractivity contribution in [3.63, 3.8) is 0 Å². The second kappa shape index (κ2) is 13.0. The number of fused-ring (bicyclic) bond motifs is 1. The number of nitrogens with one attached hydrogen (secondary N) is 2. The highest BCUT2D eigenvalue weighted by Gasteiger charge is 2.38. The molecule has 1 aromatic carbocycles. The number of carbonyl (C=O) groups excluding carboxylic acids is 3. The molecular formula is C25H37N3O4S2. The summed E-state index contributed by atoms with van der Waals surface area (Å²) in [5, 5.41) is 5.74. The zero-order valence-electron chi connectivity index (χ0n) is 20.1. The van der Waals surface area contributed by atoms with Crippen LogP contribution in [-0.4, -0.2) is 47.0 Å². The Kier molecular flexibility index (Phi) is 11.3. The molecule has 3 rings (SSSR count). The fourth-order valence-corrected chi connectivity index (χ4v) is 4.44. The Hall–Kier alpha value is -2.31. The molecule has 1 saturated heterocycles. The Morgan fingerprint density at radius 3 is 2.56 bits per heavy atom. The average molecular weight is 508 g/mol. The number of likely N-dealkylation sites (tertiary alicyclic amines) is 1. The van der Waals surface area contributed by atoms with Gasteiger partial charge in [0.2, 0.25) is 11.8 Å². The monoisotopic (exact) mass is 507 g/mol. The molecule has 0 bridgehead atoms. The van der Waals surface area contributed by atoms with Crippen molar-refractivity contribution in [2.24, 2.45) is 0 Å². The van der Waals surface area contributed by atoms with E-state index < -0.39 is 23.8 Å².